The number of carboxylic acid groups (broad SMARTS) is 1. The molecular formula is C12H23N3O4. The molecule has 0 heterocycles. The van der Waals surface area contributed by atoms with Crippen LogP contribution < -0.4 is 16.4 Å². The minimum absolute atomic E-state index is 0.0510. The van der Waals surface area contributed by atoms with Gasteiger partial charge in [0.05, 0.1) is 0 Å². The van der Waals surface area contributed by atoms with E-state index in [2.05, 4.69) is 10.6 Å². The number of carbonyl (C=O) groups is 3. The predicted octanol–water partition coefficient (Wildman–Crippen LogP) is 0.442. The molecule has 0 radical (unpaired) electrons. The largest absolute Gasteiger partial charge is 0.481 e. The van der Waals surface area contributed by atoms with Gasteiger partial charge in [-0.3, -0.25) is 9.59 Å². The number of hydrogen-bond donors (Lipinski definition) is 4. The number of nitrogens with one attached hydrogen (secondary N) is 2. The molecule has 0 bridgehead atoms. The maximum Gasteiger partial charge on any atom is 0.314 e. The summed E-state index contributed by atoms with van der Waals surface area (Å²) in [6.07, 6.45) is 2.40. The second-order valence-corrected chi connectivity index (χ2v) is 4.43. The zero-order valence-electron chi connectivity index (χ0n) is 11.3. The van der Waals surface area contributed by atoms with E-state index in [1.54, 1.807) is 0 Å². The maximum atomic E-state index is 11.4. The van der Waals surface area contributed by atoms with Crippen molar-refractivity contribution in [1.29, 1.82) is 0 Å². The van der Waals surface area contributed by atoms with Crippen molar-refractivity contribution >= 4 is 17.9 Å². The Morgan fingerprint density at radius 1 is 1.21 bits per heavy atom. The molecule has 0 aromatic heterocycles. The predicted molar refractivity (Wildman–Crippen MR) is 70.5 cm³/mol. The maximum absolute atomic E-state index is 11.4. The summed E-state index contributed by atoms with van der Waals surface area (Å²) in [4.78, 5) is 32.4. The highest BCUT2D eigenvalue weighted by atomic mass is 16.4. The van der Waals surface area contributed by atoms with E-state index in [1.807, 2.05) is 6.92 Å². The van der Waals surface area contributed by atoms with Crippen LogP contribution in [0.1, 0.15) is 39.0 Å². The minimum atomic E-state index is -0.861. The molecule has 0 saturated carbocycles. The Labute approximate surface area is 112 Å². The number of hydrogen-bond acceptors (Lipinski definition) is 3. The molecule has 0 saturated heterocycles. The molecule has 0 aliphatic carbocycles. The molecule has 0 aliphatic rings. The molecule has 0 aromatic carbocycles. The SMILES string of the molecule is CCC(CNC(=O)NCCCCC(N)=O)CC(=O)O. The van der Waals surface area contributed by atoms with E-state index in [1.165, 1.54) is 0 Å². The van der Waals surface area contributed by atoms with Crippen molar-refractivity contribution in [2.45, 2.75) is 39.0 Å². The molecule has 0 spiro atoms. The molecule has 7 nitrogen and oxygen atoms in total. The molecule has 19 heavy (non-hydrogen) atoms. The summed E-state index contributed by atoms with van der Waals surface area (Å²) in [6, 6.07) is -0.317. The van der Waals surface area contributed by atoms with Gasteiger partial charge in [0.15, 0.2) is 0 Å². The average molecular weight is 273 g/mol. The van der Waals surface area contributed by atoms with Gasteiger partial charge in [-0.25, -0.2) is 4.79 Å². The smallest absolute Gasteiger partial charge is 0.314 e. The molecule has 3 amide bonds. The van der Waals surface area contributed by atoms with E-state index in [9.17, 15) is 14.4 Å². The summed E-state index contributed by atoms with van der Waals surface area (Å²) in [5.74, 6) is -1.26. The summed E-state index contributed by atoms with van der Waals surface area (Å²) in [7, 11) is 0. The lowest BCUT2D eigenvalue weighted by atomic mass is 10.0. The van der Waals surface area contributed by atoms with Gasteiger partial charge in [-0.1, -0.05) is 13.3 Å². The zero-order valence-corrected chi connectivity index (χ0v) is 11.3. The topological polar surface area (TPSA) is 122 Å². The molecule has 0 aromatic rings. The normalized spacial score (nSPS) is 11.6. The van der Waals surface area contributed by atoms with Gasteiger partial charge in [0, 0.05) is 25.9 Å². The Balaban J connectivity index is 3.62. The monoisotopic (exact) mass is 273 g/mol. The Kier molecular flexibility index (Phi) is 9.20. The van der Waals surface area contributed by atoms with Crippen LogP contribution in [0, 0.1) is 5.92 Å². The van der Waals surface area contributed by atoms with E-state index in [0.29, 0.717) is 38.8 Å². The van der Waals surface area contributed by atoms with Crippen LogP contribution in [-0.2, 0) is 9.59 Å². The third-order valence-corrected chi connectivity index (χ3v) is 2.73. The lowest BCUT2D eigenvalue weighted by Gasteiger charge is -2.13. The van der Waals surface area contributed by atoms with Crippen LogP contribution >= 0.6 is 0 Å². The number of unbranched alkanes of at least 4 members (excludes halogenated alkanes) is 1. The number of aliphatic carboxylic acids is 1. The molecule has 1 atom stereocenters. The second kappa shape index (κ2) is 10.2. The zero-order chi connectivity index (χ0) is 14.7. The molecule has 7 heteroatoms. The van der Waals surface area contributed by atoms with Crippen LogP contribution in [0.4, 0.5) is 4.79 Å². The first-order valence-corrected chi connectivity index (χ1v) is 6.47. The number of rotatable bonds is 10. The van der Waals surface area contributed by atoms with Gasteiger partial charge in [0.2, 0.25) is 5.91 Å². The van der Waals surface area contributed by atoms with Crippen molar-refractivity contribution in [3.63, 3.8) is 0 Å². The first-order valence-electron chi connectivity index (χ1n) is 6.47. The van der Waals surface area contributed by atoms with Crippen LogP contribution in [-0.4, -0.2) is 36.1 Å². The van der Waals surface area contributed by atoms with Crippen LogP contribution in [0.5, 0.6) is 0 Å². The van der Waals surface area contributed by atoms with Gasteiger partial charge in [-0.05, 0) is 18.8 Å². The van der Waals surface area contributed by atoms with Gasteiger partial charge in [0.25, 0.3) is 0 Å². The number of carbonyl (C=O) groups excluding carboxylic acids is 2. The summed E-state index contributed by atoms with van der Waals surface area (Å²) in [5.41, 5.74) is 4.98. The molecule has 0 rings (SSSR count). The average Bonchev–Trinajstić information content (AvgIpc) is 2.33. The number of nitrogens with two attached hydrogens (primary N) is 1. The van der Waals surface area contributed by atoms with E-state index >= 15 is 0 Å². The highest BCUT2D eigenvalue weighted by Crippen LogP contribution is 2.06. The van der Waals surface area contributed by atoms with Crippen molar-refractivity contribution in [3.8, 4) is 0 Å². The Hall–Kier alpha value is -1.79. The lowest BCUT2D eigenvalue weighted by Crippen LogP contribution is -2.39. The number of carboxylic acids is 1. The summed E-state index contributed by atoms with van der Waals surface area (Å²) < 4.78 is 0. The van der Waals surface area contributed by atoms with E-state index < -0.39 is 5.97 Å². The van der Waals surface area contributed by atoms with Crippen molar-refractivity contribution in [3.05, 3.63) is 0 Å². The van der Waals surface area contributed by atoms with Crippen LogP contribution in [0.25, 0.3) is 0 Å². The molecule has 110 valence electrons. The molecule has 0 fully saturated rings. The van der Waals surface area contributed by atoms with Crippen LogP contribution in [0.3, 0.4) is 0 Å². The van der Waals surface area contributed by atoms with E-state index in [4.69, 9.17) is 10.8 Å². The van der Waals surface area contributed by atoms with Crippen molar-refractivity contribution in [1.82, 2.24) is 10.6 Å². The summed E-state index contributed by atoms with van der Waals surface area (Å²) >= 11 is 0. The Bertz CT molecular complexity index is 307. The first-order chi connectivity index (χ1) is 8.95. The third-order valence-electron chi connectivity index (χ3n) is 2.73. The van der Waals surface area contributed by atoms with Gasteiger partial charge in [-0.2, -0.15) is 0 Å². The van der Waals surface area contributed by atoms with Crippen molar-refractivity contribution < 1.29 is 19.5 Å². The summed E-state index contributed by atoms with van der Waals surface area (Å²) in [6.45, 7) is 2.70. The quantitative estimate of drug-likeness (QED) is 0.431. The fourth-order valence-corrected chi connectivity index (χ4v) is 1.53. The lowest BCUT2D eigenvalue weighted by molar-refractivity contribution is -0.138. The van der Waals surface area contributed by atoms with Crippen LogP contribution in [0.2, 0.25) is 0 Å². The van der Waals surface area contributed by atoms with Crippen LogP contribution in [0.15, 0.2) is 0 Å². The third kappa shape index (κ3) is 11.1. The first kappa shape index (κ1) is 17.2. The Morgan fingerprint density at radius 2 is 1.89 bits per heavy atom. The van der Waals surface area contributed by atoms with Gasteiger partial charge in [0.1, 0.15) is 0 Å². The van der Waals surface area contributed by atoms with E-state index in [-0.39, 0.29) is 24.3 Å². The second-order valence-electron chi connectivity index (χ2n) is 4.43. The fourth-order valence-electron chi connectivity index (χ4n) is 1.53. The Morgan fingerprint density at radius 3 is 2.42 bits per heavy atom. The molecular weight excluding hydrogens is 250 g/mol. The molecule has 1 unspecified atom stereocenters. The van der Waals surface area contributed by atoms with Gasteiger partial charge >= 0.3 is 12.0 Å². The van der Waals surface area contributed by atoms with Gasteiger partial charge < -0.3 is 21.5 Å². The van der Waals surface area contributed by atoms with Crippen molar-refractivity contribution in [2.75, 3.05) is 13.1 Å². The molecule has 5 N–H and O–H groups in total. The standard InChI is InChI=1S/C12H23N3O4/c1-2-9(7-11(17)18)8-15-12(19)14-6-4-3-5-10(13)16/h9H,2-8H2,1H3,(H2,13,16)(H,17,18)(H2,14,15,19). The number of primary amides is 1. The summed E-state index contributed by atoms with van der Waals surface area (Å²) in [5, 5.41) is 13.9. The van der Waals surface area contributed by atoms with Gasteiger partial charge in [-0.15, -0.1) is 0 Å². The minimum Gasteiger partial charge on any atom is -0.481 e. The fraction of sp³-hybridized carbons (Fsp3) is 0.750. The number of urea groups is 1. The van der Waals surface area contributed by atoms with E-state index in [0.717, 1.165) is 0 Å². The highest BCUT2D eigenvalue weighted by Gasteiger charge is 2.12. The highest BCUT2D eigenvalue weighted by molar-refractivity contribution is 5.74. The molecule has 0 aliphatic heterocycles. The number of amides is 3. The van der Waals surface area contributed by atoms with Crippen molar-refractivity contribution in [2.24, 2.45) is 11.7 Å².